The van der Waals surface area contributed by atoms with Gasteiger partial charge in [0, 0.05) is 30.7 Å². The number of hydrogen-bond donors (Lipinski definition) is 0. The molecule has 7 heteroatoms. The summed E-state index contributed by atoms with van der Waals surface area (Å²) in [6.45, 7) is 3.08. The Kier molecular flexibility index (Phi) is 8.15. The summed E-state index contributed by atoms with van der Waals surface area (Å²) in [5.41, 5.74) is 5.10. The van der Waals surface area contributed by atoms with E-state index in [4.69, 9.17) is 14.5 Å². The van der Waals surface area contributed by atoms with E-state index in [1.165, 1.54) is 21.2 Å². The first-order chi connectivity index (χ1) is 20.1. The summed E-state index contributed by atoms with van der Waals surface area (Å²) >= 11 is 5.29. The molecule has 0 atom stereocenters. The summed E-state index contributed by atoms with van der Waals surface area (Å²) in [5.74, 6) is 1.25. The third-order valence-electron chi connectivity index (χ3n) is 7.31. The van der Waals surface area contributed by atoms with Gasteiger partial charge in [-0.3, -0.25) is 4.90 Å². The van der Waals surface area contributed by atoms with Crippen LogP contribution in [0.1, 0.15) is 32.7 Å². The summed E-state index contributed by atoms with van der Waals surface area (Å²) in [6, 6.07) is 31.3. The molecule has 6 rings (SSSR count). The number of fused-ring (bicyclic) bond motifs is 2. The second kappa shape index (κ2) is 12.3. The van der Waals surface area contributed by atoms with Gasteiger partial charge in [-0.1, -0.05) is 72.8 Å². The molecule has 1 aliphatic rings. The third-order valence-corrected chi connectivity index (χ3v) is 9.03. The Labute approximate surface area is 252 Å². The molecule has 41 heavy (non-hydrogen) atoms. The van der Waals surface area contributed by atoms with E-state index in [1.807, 2.05) is 36.4 Å². The largest absolute Gasteiger partial charge is 0.493 e. The fourth-order valence-electron chi connectivity index (χ4n) is 5.28. The van der Waals surface area contributed by atoms with Gasteiger partial charge in [0.2, 0.25) is 0 Å². The molecule has 1 aliphatic heterocycles. The SMILES string of the molecule is COc1cc(C=Nc2sc3c(c2C#N)CCN(Cc2ccccc2)C3)cc(Br)c1OCc1cccc2ccccc12. The standard InChI is InChI=1S/C34H28BrN3O2S/c1-39-31-17-24(16-30(35)33(31)40-22-26-12-7-11-25-10-5-6-13-27(25)26)19-37-34-29(18-36)28-14-15-38(21-32(28)41-34)20-23-8-3-2-4-9-23/h2-13,16-17,19H,14-15,20-22H2,1H3. The van der Waals surface area contributed by atoms with Crippen LogP contribution in [0.4, 0.5) is 5.00 Å². The lowest BCUT2D eigenvalue weighted by atomic mass is 10.0. The van der Waals surface area contributed by atoms with Crippen molar-refractivity contribution in [3.05, 3.63) is 122 Å². The molecule has 2 heterocycles. The van der Waals surface area contributed by atoms with Gasteiger partial charge in [-0.2, -0.15) is 5.26 Å². The third kappa shape index (κ3) is 5.91. The van der Waals surface area contributed by atoms with E-state index in [0.717, 1.165) is 52.2 Å². The van der Waals surface area contributed by atoms with Crippen LogP contribution in [0.25, 0.3) is 10.8 Å². The van der Waals surface area contributed by atoms with E-state index in [9.17, 15) is 5.26 Å². The summed E-state index contributed by atoms with van der Waals surface area (Å²) in [7, 11) is 1.63. The average molecular weight is 623 g/mol. The number of thiophene rings is 1. The Bertz CT molecular complexity index is 1770. The topological polar surface area (TPSA) is 57.8 Å². The van der Waals surface area contributed by atoms with Gasteiger partial charge in [0.05, 0.1) is 17.1 Å². The number of rotatable bonds is 8. The first-order valence-electron chi connectivity index (χ1n) is 13.4. The minimum atomic E-state index is 0.414. The molecule has 0 unspecified atom stereocenters. The van der Waals surface area contributed by atoms with Crippen LogP contribution in [0, 0.1) is 11.3 Å². The lowest BCUT2D eigenvalue weighted by molar-refractivity contribution is 0.249. The van der Waals surface area contributed by atoms with Crippen molar-refractivity contribution in [3.63, 3.8) is 0 Å². The minimum absolute atomic E-state index is 0.414. The number of halogens is 1. The molecule has 4 aromatic carbocycles. The van der Waals surface area contributed by atoms with Gasteiger partial charge in [-0.05, 0) is 67.5 Å². The molecule has 5 aromatic rings. The number of aliphatic imine (C=N–C) groups is 1. The smallest absolute Gasteiger partial charge is 0.175 e. The molecule has 0 saturated heterocycles. The molecular formula is C34H28BrN3O2S. The van der Waals surface area contributed by atoms with Gasteiger partial charge in [-0.25, -0.2) is 4.99 Å². The highest BCUT2D eigenvalue weighted by Gasteiger charge is 2.24. The minimum Gasteiger partial charge on any atom is -0.493 e. The van der Waals surface area contributed by atoms with Crippen LogP contribution >= 0.6 is 27.3 Å². The molecule has 0 aliphatic carbocycles. The summed E-state index contributed by atoms with van der Waals surface area (Å²) in [6.07, 6.45) is 2.65. The molecule has 0 spiro atoms. The van der Waals surface area contributed by atoms with Crippen molar-refractivity contribution in [3.8, 4) is 17.6 Å². The fraction of sp³-hybridized carbons (Fsp3) is 0.176. The highest BCUT2D eigenvalue weighted by atomic mass is 79.9. The van der Waals surface area contributed by atoms with E-state index in [2.05, 4.69) is 75.4 Å². The van der Waals surface area contributed by atoms with Crippen LogP contribution in [0.15, 0.2) is 94.4 Å². The molecular weight excluding hydrogens is 594 g/mol. The normalized spacial score (nSPS) is 13.3. The van der Waals surface area contributed by atoms with E-state index in [1.54, 1.807) is 24.7 Å². The Morgan fingerprint density at radius 2 is 1.85 bits per heavy atom. The van der Waals surface area contributed by atoms with Crippen molar-refractivity contribution < 1.29 is 9.47 Å². The number of methoxy groups -OCH3 is 1. The Morgan fingerprint density at radius 1 is 1.05 bits per heavy atom. The number of benzene rings is 4. The van der Waals surface area contributed by atoms with Crippen molar-refractivity contribution in [2.75, 3.05) is 13.7 Å². The van der Waals surface area contributed by atoms with Crippen LogP contribution in [0.5, 0.6) is 11.5 Å². The molecule has 0 bridgehead atoms. The summed E-state index contributed by atoms with van der Waals surface area (Å²) < 4.78 is 12.7. The number of ether oxygens (including phenoxy) is 2. The van der Waals surface area contributed by atoms with Crippen molar-refractivity contribution in [2.45, 2.75) is 26.1 Å². The first kappa shape index (κ1) is 27.2. The van der Waals surface area contributed by atoms with Crippen molar-refractivity contribution in [1.82, 2.24) is 4.90 Å². The van der Waals surface area contributed by atoms with E-state index in [0.29, 0.717) is 23.7 Å². The van der Waals surface area contributed by atoms with Gasteiger partial charge in [0.25, 0.3) is 0 Å². The number of hydrogen-bond acceptors (Lipinski definition) is 6. The average Bonchev–Trinajstić information content (AvgIpc) is 3.36. The highest BCUT2D eigenvalue weighted by Crippen LogP contribution is 2.40. The molecule has 204 valence electrons. The zero-order chi connectivity index (χ0) is 28.2. The van der Waals surface area contributed by atoms with E-state index < -0.39 is 0 Å². The highest BCUT2D eigenvalue weighted by molar-refractivity contribution is 9.10. The zero-order valence-corrected chi connectivity index (χ0v) is 25.0. The van der Waals surface area contributed by atoms with Crippen molar-refractivity contribution in [2.24, 2.45) is 4.99 Å². The maximum atomic E-state index is 9.97. The maximum absolute atomic E-state index is 9.97. The Morgan fingerprint density at radius 3 is 2.68 bits per heavy atom. The molecule has 5 nitrogen and oxygen atoms in total. The molecule has 0 fully saturated rings. The van der Waals surface area contributed by atoms with Crippen LogP contribution in [0.3, 0.4) is 0 Å². The molecule has 1 aromatic heterocycles. The van der Waals surface area contributed by atoms with Gasteiger partial charge >= 0.3 is 0 Å². The second-order valence-electron chi connectivity index (χ2n) is 9.96. The molecule has 0 N–H and O–H groups in total. The second-order valence-corrected chi connectivity index (χ2v) is 11.9. The van der Waals surface area contributed by atoms with Gasteiger partial charge in [-0.15, -0.1) is 11.3 Å². The van der Waals surface area contributed by atoms with Gasteiger partial charge in [0.1, 0.15) is 17.7 Å². The van der Waals surface area contributed by atoms with Crippen molar-refractivity contribution >= 4 is 49.3 Å². The van der Waals surface area contributed by atoms with E-state index >= 15 is 0 Å². The summed E-state index contributed by atoms with van der Waals surface area (Å²) in [4.78, 5) is 8.43. The predicted octanol–water partition coefficient (Wildman–Crippen LogP) is 8.43. The molecule has 0 amide bonds. The quantitative estimate of drug-likeness (QED) is 0.163. The van der Waals surface area contributed by atoms with Crippen LogP contribution in [0.2, 0.25) is 0 Å². The van der Waals surface area contributed by atoms with Crippen LogP contribution in [-0.2, 0) is 26.1 Å². The van der Waals surface area contributed by atoms with Gasteiger partial charge in [0.15, 0.2) is 11.5 Å². The lowest BCUT2D eigenvalue weighted by Gasteiger charge is -2.26. The summed E-state index contributed by atoms with van der Waals surface area (Å²) in [5, 5.41) is 13.1. The van der Waals surface area contributed by atoms with E-state index in [-0.39, 0.29) is 0 Å². The first-order valence-corrected chi connectivity index (χ1v) is 15.1. The zero-order valence-electron chi connectivity index (χ0n) is 22.6. The monoisotopic (exact) mass is 621 g/mol. The maximum Gasteiger partial charge on any atom is 0.175 e. The van der Waals surface area contributed by atoms with Crippen LogP contribution in [-0.4, -0.2) is 24.8 Å². The molecule has 0 radical (unpaired) electrons. The number of nitrogens with zero attached hydrogens (tertiary/aromatic N) is 3. The fourth-order valence-corrected chi connectivity index (χ4v) is 7.04. The van der Waals surface area contributed by atoms with Crippen LogP contribution < -0.4 is 9.47 Å². The Hall–Kier alpha value is -3.96. The lowest BCUT2D eigenvalue weighted by Crippen LogP contribution is -2.29. The number of nitriles is 1. The predicted molar refractivity (Wildman–Crippen MR) is 170 cm³/mol. The van der Waals surface area contributed by atoms with Crippen molar-refractivity contribution in [1.29, 1.82) is 5.26 Å². The molecule has 0 saturated carbocycles. The Balaban J connectivity index is 1.20. The van der Waals surface area contributed by atoms with Gasteiger partial charge < -0.3 is 9.47 Å².